The van der Waals surface area contributed by atoms with Crippen LogP contribution in [0.3, 0.4) is 0 Å². The van der Waals surface area contributed by atoms with Crippen molar-refractivity contribution in [1.29, 1.82) is 0 Å². The lowest BCUT2D eigenvalue weighted by molar-refractivity contribution is 0.0686. The zero-order chi connectivity index (χ0) is 11.6. The summed E-state index contributed by atoms with van der Waals surface area (Å²) in [6.45, 7) is 1.55. The first kappa shape index (κ1) is 5.13. The number of carboxylic acids is 1. The van der Waals surface area contributed by atoms with E-state index < -0.39 is 18.7 Å². The highest BCUT2D eigenvalue weighted by Gasteiger charge is 2.13. The standard InChI is InChI=1S/C8H9NO3/c1-5-3-4-9-6(8(10)11)7(5)12-2/h3-4H,1-2H3,(H,10,11)/i2D3. The van der Waals surface area contributed by atoms with Crippen LogP contribution in [0.25, 0.3) is 0 Å². The van der Waals surface area contributed by atoms with Crippen molar-refractivity contribution in [2.24, 2.45) is 0 Å². The molecule has 1 aromatic heterocycles. The lowest BCUT2D eigenvalue weighted by atomic mass is 10.2. The van der Waals surface area contributed by atoms with Gasteiger partial charge < -0.3 is 9.84 Å². The van der Waals surface area contributed by atoms with Gasteiger partial charge in [-0.1, -0.05) is 0 Å². The van der Waals surface area contributed by atoms with Crippen molar-refractivity contribution < 1.29 is 18.8 Å². The highest BCUT2D eigenvalue weighted by Crippen LogP contribution is 2.19. The van der Waals surface area contributed by atoms with E-state index in [-0.39, 0.29) is 5.75 Å². The number of carboxylic acid groups (broad SMARTS) is 1. The Morgan fingerprint density at radius 2 is 2.58 bits per heavy atom. The molecule has 1 rings (SSSR count). The molecule has 64 valence electrons. The van der Waals surface area contributed by atoms with Crippen LogP contribution in [0.15, 0.2) is 12.3 Å². The molecule has 1 aromatic rings. The van der Waals surface area contributed by atoms with Crippen LogP contribution in [0, 0.1) is 6.92 Å². The average Bonchev–Trinajstić information content (AvgIpc) is 2.05. The molecule has 0 saturated heterocycles. The molecule has 4 nitrogen and oxygen atoms in total. The summed E-state index contributed by atoms with van der Waals surface area (Å²) in [6.07, 6.45) is 1.28. The predicted molar refractivity (Wildman–Crippen MR) is 42.5 cm³/mol. The van der Waals surface area contributed by atoms with Crippen LogP contribution in [-0.2, 0) is 0 Å². The third-order valence-electron chi connectivity index (χ3n) is 1.41. The number of hydrogen-bond donors (Lipinski definition) is 1. The van der Waals surface area contributed by atoms with E-state index in [0.717, 1.165) is 0 Å². The summed E-state index contributed by atoms with van der Waals surface area (Å²) in [5.74, 6) is -1.54. The fraction of sp³-hybridized carbons (Fsp3) is 0.250. The van der Waals surface area contributed by atoms with Crippen LogP contribution >= 0.6 is 0 Å². The quantitative estimate of drug-likeness (QED) is 0.721. The summed E-state index contributed by atoms with van der Waals surface area (Å²) in [4.78, 5) is 14.3. The van der Waals surface area contributed by atoms with Crippen molar-refractivity contribution in [1.82, 2.24) is 4.98 Å². The number of carbonyl (C=O) groups is 1. The van der Waals surface area contributed by atoms with E-state index in [1.54, 1.807) is 6.92 Å². The van der Waals surface area contributed by atoms with Crippen molar-refractivity contribution in [3.8, 4) is 5.75 Å². The zero-order valence-electron chi connectivity index (χ0n) is 9.37. The second-order valence-corrected chi connectivity index (χ2v) is 2.21. The zero-order valence-corrected chi connectivity index (χ0v) is 6.37. The van der Waals surface area contributed by atoms with Gasteiger partial charge >= 0.3 is 5.97 Å². The fourth-order valence-corrected chi connectivity index (χ4v) is 0.826. The molecule has 0 saturated carbocycles. The van der Waals surface area contributed by atoms with Gasteiger partial charge in [-0.15, -0.1) is 0 Å². The number of aromatic carboxylic acids is 1. The Labute approximate surface area is 74.0 Å². The SMILES string of the molecule is [2H]C([2H])([2H])Oc1c(C)ccnc1C(=O)O. The van der Waals surface area contributed by atoms with Crippen LogP contribution in [0.1, 0.15) is 20.2 Å². The third kappa shape index (κ3) is 1.37. The van der Waals surface area contributed by atoms with Crippen LogP contribution in [0.5, 0.6) is 5.75 Å². The Morgan fingerprint density at radius 3 is 3.17 bits per heavy atom. The van der Waals surface area contributed by atoms with Gasteiger partial charge in [0, 0.05) is 6.20 Å². The summed E-state index contributed by atoms with van der Waals surface area (Å²) in [7, 11) is -2.68. The van der Waals surface area contributed by atoms with Gasteiger partial charge in [0.25, 0.3) is 0 Å². The number of nitrogens with zero attached hydrogens (tertiary/aromatic N) is 1. The van der Waals surface area contributed by atoms with Crippen molar-refractivity contribution >= 4 is 5.97 Å². The number of hydrogen-bond acceptors (Lipinski definition) is 3. The molecular weight excluding hydrogens is 158 g/mol. The van der Waals surface area contributed by atoms with Gasteiger partial charge in [-0.2, -0.15) is 0 Å². The van der Waals surface area contributed by atoms with E-state index in [0.29, 0.717) is 5.56 Å². The number of aryl methyl sites for hydroxylation is 1. The smallest absolute Gasteiger partial charge is 0.358 e. The molecule has 0 amide bonds. The van der Waals surface area contributed by atoms with Gasteiger partial charge in [0.2, 0.25) is 0 Å². The number of methoxy groups -OCH3 is 1. The monoisotopic (exact) mass is 170 g/mol. The summed E-state index contributed by atoms with van der Waals surface area (Å²) < 4.78 is 25.3. The molecule has 0 spiro atoms. The summed E-state index contributed by atoms with van der Waals surface area (Å²) in [6, 6.07) is 1.48. The predicted octanol–water partition coefficient (Wildman–Crippen LogP) is 1.10. The molecule has 0 radical (unpaired) electrons. The van der Waals surface area contributed by atoms with Gasteiger partial charge in [0.05, 0.1) is 11.2 Å². The molecule has 0 aliphatic carbocycles. The van der Waals surface area contributed by atoms with E-state index in [2.05, 4.69) is 9.72 Å². The number of ether oxygens (including phenoxy) is 1. The third-order valence-corrected chi connectivity index (χ3v) is 1.41. The minimum absolute atomic E-state index is 0.218. The maximum absolute atomic E-state index is 10.7. The van der Waals surface area contributed by atoms with Gasteiger partial charge in [-0.25, -0.2) is 9.78 Å². The number of rotatable bonds is 2. The molecule has 0 aliphatic rings. The van der Waals surface area contributed by atoms with Crippen LogP contribution in [0.4, 0.5) is 0 Å². The maximum atomic E-state index is 10.7. The minimum Gasteiger partial charge on any atom is -0.494 e. The first-order chi connectivity index (χ1) is 6.81. The van der Waals surface area contributed by atoms with Gasteiger partial charge in [-0.05, 0) is 18.6 Å². The molecule has 0 unspecified atom stereocenters. The second-order valence-electron chi connectivity index (χ2n) is 2.21. The lowest BCUT2D eigenvalue weighted by Crippen LogP contribution is -2.04. The van der Waals surface area contributed by atoms with Crippen molar-refractivity contribution in [3.63, 3.8) is 0 Å². The largest absolute Gasteiger partial charge is 0.494 e. The first-order valence-corrected chi connectivity index (χ1v) is 3.19. The van der Waals surface area contributed by atoms with E-state index in [1.807, 2.05) is 0 Å². The maximum Gasteiger partial charge on any atom is 0.358 e. The van der Waals surface area contributed by atoms with E-state index in [4.69, 9.17) is 9.22 Å². The fourth-order valence-electron chi connectivity index (χ4n) is 0.826. The summed E-state index contributed by atoms with van der Waals surface area (Å²) >= 11 is 0. The molecule has 0 aromatic carbocycles. The highest BCUT2D eigenvalue weighted by molar-refractivity contribution is 5.88. The minimum atomic E-state index is -2.68. The summed E-state index contributed by atoms with van der Waals surface area (Å²) in [5.41, 5.74) is 0.0182. The first-order valence-electron chi connectivity index (χ1n) is 4.69. The topological polar surface area (TPSA) is 59.4 Å². The average molecular weight is 170 g/mol. The molecule has 0 aliphatic heterocycles. The van der Waals surface area contributed by atoms with E-state index in [9.17, 15) is 4.79 Å². The number of aromatic nitrogens is 1. The lowest BCUT2D eigenvalue weighted by Gasteiger charge is -2.05. The van der Waals surface area contributed by atoms with Crippen LogP contribution in [0.2, 0.25) is 0 Å². The second kappa shape index (κ2) is 3.21. The van der Waals surface area contributed by atoms with Crippen LogP contribution in [-0.4, -0.2) is 23.1 Å². The van der Waals surface area contributed by atoms with E-state index in [1.165, 1.54) is 12.3 Å². The molecule has 1 N–H and O–H groups in total. The van der Waals surface area contributed by atoms with Gasteiger partial charge in [0.1, 0.15) is 0 Å². The molecule has 4 heteroatoms. The van der Waals surface area contributed by atoms with Gasteiger partial charge in [-0.3, -0.25) is 0 Å². The Hall–Kier alpha value is -1.58. The molecule has 0 fully saturated rings. The molecule has 0 bridgehead atoms. The molecular formula is C8H9NO3. The highest BCUT2D eigenvalue weighted by atomic mass is 16.5. The Kier molecular flexibility index (Phi) is 1.37. The van der Waals surface area contributed by atoms with E-state index >= 15 is 0 Å². The number of pyridine rings is 1. The molecule has 1 heterocycles. The van der Waals surface area contributed by atoms with Crippen molar-refractivity contribution in [3.05, 3.63) is 23.5 Å². The van der Waals surface area contributed by atoms with Crippen molar-refractivity contribution in [2.45, 2.75) is 6.92 Å². The Morgan fingerprint density at radius 1 is 1.83 bits per heavy atom. The Balaban J connectivity index is 3.19. The molecule has 12 heavy (non-hydrogen) atoms. The summed E-state index contributed by atoms with van der Waals surface area (Å²) in [5, 5.41) is 8.76. The Bertz CT molecular complexity index is 389. The molecule has 0 atom stereocenters. The van der Waals surface area contributed by atoms with Crippen molar-refractivity contribution in [2.75, 3.05) is 7.04 Å². The normalized spacial score (nSPS) is 14.2. The van der Waals surface area contributed by atoms with Gasteiger partial charge in [0.15, 0.2) is 11.4 Å². The van der Waals surface area contributed by atoms with Crippen LogP contribution < -0.4 is 4.74 Å².